The summed E-state index contributed by atoms with van der Waals surface area (Å²) in [5, 5.41) is 2.87. The predicted molar refractivity (Wildman–Crippen MR) is 118 cm³/mol. The molecule has 0 aromatic heterocycles. The average Bonchev–Trinajstić information content (AvgIpc) is 2.65. The van der Waals surface area contributed by atoms with Crippen molar-refractivity contribution in [3.8, 4) is 0 Å². The molecule has 7 nitrogen and oxygen atoms in total. The van der Waals surface area contributed by atoms with Gasteiger partial charge >= 0.3 is 0 Å². The van der Waals surface area contributed by atoms with E-state index in [0.717, 1.165) is 22.4 Å². The van der Waals surface area contributed by atoms with Gasteiger partial charge in [0.1, 0.15) is 0 Å². The second-order valence-corrected chi connectivity index (χ2v) is 9.46. The molecule has 2 aromatic rings. The van der Waals surface area contributed by atoms with Crippen molar-refractivity contribution in [1.29, 1.82) is 0 Å². The molecule has 2 rings (SSSR count). The number of amides is 2. The molecule has 0 aliphatic rings. The fourth-order valence-electron chi connectivity index (χ4n) is 3.40. The normalized spacial score (nSPS) is 11.3. The maximum atomic E-state index is 12.9. The van der Waals surface area contributed by atoms with Crippen molar-refractivity contribution in [1.82, 2.24) is 9.62 Å². The quantitative estimate of drug-likeness (QED) is 0.735. The van der Waals surface area contributed by atoms with Gasteiger partial charge in [0.15, 0.2) is 0 Å². The van der Waals surface area contributed by atoms with E-state index in [4.69, 9.17) is 0 Å². The van der Waals surface area contributed by atoms with Crippen LogP contribution in [0.5, 0.6) is 0 Å². The highest BCUT2D eigenvalue weighted by atomic mass is 32.2. The minimum atomic E-state index is -3.71. The summed E-state index contributed by atoms with van der Waals surface area (Å²) in [7, 11) is -0.874. The summed E-state index contributed by atoms with van der Waals surface area (Å²) in [4.78, 5) is 26.7. The molecule has 0 radical (unpaired) electrons. The van der Waals surface area contributed by atoms with Crippen LogP contribution in [0, 0.1) is 34.6 Å². The summed E-state index contributed by atoms with van der Waals surface area (Å²) in [5.74, 6) is -0.758. The minimum absolute atomic E-state index is 0.0529. The number of carbonyl (C=O) groups is 2. The number of sulfonamides is 1. The van der Waals surface area contributed by atoms with E-state index >= 15 is 0 Å². The summed E-state index contributed by atoms with van der Waals surface area (Å²) >= 11 is 0. The van der Waals surface area contributed by atoms with Gasteiger partial charge in [0.2, 0.25) is 15.9 Å². The number of nitrogens with one attached hydrogen (secondary N) is 2. The van der Waals surface area contributed by atoms with Crippen LogP contribution < -0.4 is 10.0 Å². The number of nitrogens with zero attached hydrogens (tertiary/aromatic N) is 1. The summed E-state index contributed by atoms with van der Waals surface area (Å²) in [6, 6.07) is 6.95. The number of likely N-dealkylation sites (N-methyl/N-ethyl adjacent to an activating group) is 1. The Morgan fingerprint density at radius 3 is 2.03 bits per heavy atom. The zero-order chi connectivity index (χ0) is 22.8. The zero-order valence-electron chi connectivity index (χ0n) is 18.5. The number of hydrogen-bond donors (Lipinski definition) is 2. The van der Waals surface area contributed by atoms with Crippen molar-refractivity contribution < 1.29 is 18.0 Å². The van der Waals surface area contributed by atoms with E-state index in [2.05, 4.69) is 10.0 Å². The highest BCUT2D eigenvalue weighted by Crippen LogP contribution is 2.23. The highest BCUT2D eigenvalue weighted by molar-refractivity contribution is 7.89. The number of anilines is 1. The zero-order valence-corrected chi connectivity index (χ0v) is 19.3. The van der Waals surface area contributed by atoms with Gasteiger partial charge in [-0.2, -0.15) is 0 Å². The Labute approximate surface area is 178 Å². The van der Waals surface area contributed by atoms with E-state index in [0.29, 0.717) is 11.1 Å². The van der Waals surface area contributed by atoms with Crippen LogP contribution in [0.2, 0.25) is 0 Å². The van der Waals surface area contributed by atoms with Gasteiger partial charge in [-0.1, -0.05) is 17.7 Å². The third kappa shape index (κ3) is 5.06. The van der Waals surface area contributed by atoms with Crippen LogP contribution in [0.4, 0.5) is 5.69 Å². The molecule has 0 atom stereocenters. The monoisotopic (exact) mass is 431 g/mol. The lowest BCUT2D eigenvalue weighted by Crippen LogP contribution is -2.35. The van der Waals surface area contributed by atoms with Gasteiger partial charge in [-0.25, -0.2) is 13.1 Å². The Kier molecular flexibility index (Phi) is 7.05. The first kappa shape index (κ1) is 23.6. The molecule has 8 heteroatoms. The molecular formula is C22H29N3O4S. The first-order chi connectivity index (χ1) is 13.9. The molecule has 0 unspecified atom stereocenters. The number of hydrogen-bond acceptors (Lipinski definition) is 4. The summed E-state index contributed by atoms with van der Waals surface area (Å²) in [5.41, 5.74) is 5.21. The van der Waals surface area contributed by atoms with Crippen molar-refractivity contribution in [3.05, 3.63) is 57.6 Å². The van der Waals surface area contributed by atoms with Crippen LogP contribution in [0.3, 0.4) is 0 Å². The number of rotatable bonds is 6. The molecule has 2 aromatic carbocycles. The summed E-state index contributed by atoms with van der Waals surface area (Å²) in [6.45, 7) is 9.11. The third-order valence-electron chi connectivity index (χ3n) is 5.09. The van der Waals surface area contributed by atoms with Crippen LogP contribution >= 0.6 is 0 Å². The smallest absolute Gasteiger partial charge is 0.254 e. The van der Waals surface area contributed by atoms with Crippen molar-refractivity contribution in [3.63, 3.8) is 0 Å². The van der Waals surface area contributed by atoms with E-state index in [1.165, 1.54) is 25.1 Å². The van der Waals surface area contributed by atoms with E-state index in [1.54, 1.807) is 19.9 Å². The fraction of sp³-hybridized carbons (Fsp3) is 0.364. The van der Waals surface area contributed by atoms with Crippen LogP contribution in [0.15, 0.2) is 29.2 Å². The van der Waals surface area contributed by atoms with Gasteiger partial charge in [0.25, 0.3) is 5.91 Å². The molecule has 0 bridgehead atoms. The fourth-order valence-corrected chi connectivity index (χ4v) is 4.47. The van der Waals surface area contributed by atoms with Crippen molar-refractivity contribution in [2.75, 3.05) is 26.0 Å². The first-order valence-corrected chi connectivity index (χ1v) is 11.0. The lowest BCUT2D eigenvalue weighted by molar-refractivity contribution is -0.116. The molecule has 2 N–H and O–H groups in total. The Morgan fingerprint density at radius 1 is 0.933 bits per heavy atom. The SMILES string of the molecule is CNS(=O)(=O)c1cc(C(=O)N(C)CC(=O)Nc2c(C)cc(C)cc2C)cc(C)c1C. The second kappa shape index (κ2) is 8.97. The van der Waals surface area contributed by atoms with Gasteiger partial charge in [0, 0.05) is 18.3 Å². The molecule has 0 aliphatic carbocycles. The van der Waals surface area contributed by atoms with Crippen LogP contribution in [-0.4, -0.2) is 45.8 Å². The number of aryl methyl sites for hydroxylation is 4. The average molecular weight is 432 g/mol. The predicted octanol–water partition coefficient (Wildman–Crippen LogP) is 2.85. The van der Waals surface area contributed by atoms with Crippen molar-refractivity contribution >= 4 is 27.5 Å². The van der Waals surface area contributed by atoms with E-state index in [1.807, 2.05) is 32.9 Å². The van der Waals surface area contributed by atoms with Gasteiger partial charge in [0.05, 0.1) is 11.4 Å². The van der Waals surface area contributed by atoms with Crippen molar-refractivity contribution in [2.45, 2.75) is 39.5 Å². The summed E-state index contributed by atoms with van der Waals surface area (Å²) < 4.78 is 26.9. The second-order valence-electron chi connectivity index (χ2n) is 7.61. The Bertz CT molecular complexity index is 1080. The maximum absolute atomic E-state index is 12.9. The number of benzene rings is 2. The maximum Gasteiger partial charge on any atom is 0.254 e. The van der Waals surface area contributed by atoms with Crippen LogP contribution in [0.1, 0.15) is 38.2 Å². The molecule has 0 saturated carbocycles. The molecule has 0 spiro atoms. The molecule has 0 aliphatic heterocycles. The van der Waals surface area contributed by atoms with E-state index < -0.39 is 15.9 Å². The lowest BCUT2D eigenvalue weighted by Gasteiger charge is -2.20. The van der Waals surface area contributed by atoms with Gasteiger partial charge in [-0.3, -0.25) is 9.59 Å². The molecule has 0 heterocycles. The minimum Gasteiger partial charge on any atom is -0.332 e. The lowest BCUT2D eigenvalue weighted by atomic mass is 10.0. The van der Waals surface area contributed by atoms with Crippen LogP contribution in [-0.2, 0) is 14.8 Å². The molecule has 162 valence electrons. The van der Waals surface area contributed by atoms with Gasteiger partial charge in [-0.15, -0.1) is 0 Å². The molecule has 0 saturated heterocycles. The highest BCUT2D eigenvalue weighted by Gasteiger charge is 2.22. The van der Waals surface area contributed by atoms with Crippen molar-refractivity contribution in [2.24, 2.45) is 0 Å². The van der Waals surface area contributed by atoms with Gasteiger partial charge in [-0.05, 0) is 76.1 Å². The van der Waals surface area contributed by atoms with Crippen LogP contribution in [0.25, 0.3) is 0 Å². The number of carbonyl (C=O) groups excluding carboxylic acids is 2. The van der Waals surface area contributed by atoms with E-state index in [-0.39, 0.29) is 22.9 Å². The third-order valence-corrected chi connectivity index (χ3v) is 6.63. The molecule has 2 amide bonds. The van der Waals surface area contributed by atoms with Gasteiger partial charge < -0.3 is 10.2 Å². The molecular weight excluding hydrogens is 402 g/mol. The van der Waals surface area contributed by atoms with E-state index in [9.17, 15) is 18.0 Å². The first-order valence-electron chi connectivity index (χ1n) is 9.55. The summed E-state index contributed by atoms with van der Waals surface area (Å²) in [6.07, 6.45) is 0. The topological polar surface area (TPSA) is 95.6 Å². The Hall–Kier alpha value is -2.71. The largest absolute Gasteiger partial charge is 0.332 e. The Balaban J connectivity index is 2.23. The molecule has 0 fully saturated rings. The standard InChI is InChI=1S/C22H29N3O4S/c1-13-8-15(3)21(16(4)9-13)24-20(26)12-25(7)22(27)18-10-14(2)17(5)19(11-18)30(28,29)23-6/h8-11,23H,12H2,1-7H3,(H,24,26). The molecule has 30 heavy (non-hydrogen) atoms. The Morgan fingerprint density at radius 2 is 1.50 bits per heavy atom.